The summed E-state index contributed by atoms with van der Waals surface area (Å²) in [4.78, 5) is 11.9. The van der Waals surface area contributed by atoms with E-state index in [0.29, 0.717) is 10.6 Å². The van der Waals surface area contributed by atoms with Crippen LogP contribution >= 0.6 is 11.6 Å². The van der Waals surface area contributed by atoms with Crippen molar-refractivity contribution in [3.05, 3.63) is 94.5 Å². The van der Waals surface area contributed by atoms with E-state index in [1.165, 1.54) is 42.6 Å². The molecule has 1 N–H and O–H groups in total. The third kappa shape index (κ3) is 6.17. The first-order valence-electron chi connectivity index (χ1n) is 8.99. The van der Waals surface area contributed by atoms with E-state index in [0.717, 1.165) is 11.1 Å². The Morgan fingerprint density at radius 1 is 1.00 bits per heavy atom. The van der Waals surface area contributed by atoms with Crippen LogP contribution in [0.4, 0.5) is 0 Å². The van der Waals surface area contributed by atoms with E-state index < -0.39 is 10.1 Å². The maximum absolute atomic E-state index is 12.3. The van der Waals surface area contributed by atoms with E-state index in [9.17, 15) is 13.2 Å². The number of halogens is 1. The molecule has 8 heteroatoms. The van der Waals surface area contributed by atoms with Crippen molar-refractivity contribution >= 4 is 33.8 Å². The van der Waals surface area contributed by atoms with Crippen LogP contribution < -0.4 is 9.61 Å². The summed E-state index contributed by atoms with van der Waals surface area (Å²) in [5, 5.41) is 4.35. The minimum Gasteiger partial charge on any atom is -0.379 e. The smallest absolute Gasteiger partial charge is 0.339 e. The first-order chi connectivity index (χ1) is 14.3. The zero-order valence-corrected chi connectivity index (χ0v) is 17.7. The second kappa shape index (κ2) is 9.56. The summed E-state index contributed by atoms with van der Waals surface area (Å²) in [6.07, 6.45) is 1.69. The summed E-state index contributed by atoms with van der Waals surface area (Å²) in [6, 6.07) is 19.7. The lowest BCUT2D eigenvalue weighted by molar-refractivity contribution is -0.120. The van der Waals surface area contributed by atoms with Gasteiger partial charge in [-0.25, -0.2) is 5.43 Å². The lowest BCUT2D eigenvalue weighted by Crippen LogP contribution is -2.19. The van der Waals surface area contributed by atoms with Crippen LogP contribution in [0.5, 0.6) is 5.75 Å². The molecule has 0 saturated heterocycles. The van der Waals surface area contributed by atoms with Gasteiger partial charge in [-0.2, -0.15) is 13.5 Å². The first-order valence-corrected chi connectivity index (χ1v) is 10.8. The number of nitrogens with zero attached hydrogens (tertiary/aromatic N) is 1. The molecule has 154 valence electrons. The van der Waals surface area contributed by atoms with Crippen LogP contribution in [0, 0.1) is 6.92 Å². The van der Waals surface area contributed by atoms with Crippen molar-refractivity contribution in [3.8, 4) is 5.75 Å². The molecular weight excluding hydrogens is 424 g/mol. The highest BCUT2D eigenvalue weighted by Crippen LogP contribution is 2.20. The molecule has 0 fully saturated rings. The number of amides is 1. The van der Waals surface area contributed by atoms with E-state index in [1.807, 2.05) is 31.2 Å². The van der Waals surface area contributed by atoms with Gasteiger partial charge in [-0.1, -0.05) is 41.4 Å². The summed E-state index contributed by atoms with van der Waals surface area (Å²) in [5.41, 5.74) is 5.16. The van der Waals surface area contributed by atoms with Crippen molar-refractivity contribution in [2.24, 2.45) is 5.10 Å². The summed E-state index contributed by atoms with van der Waals surface area (Å²) in [7, 11) is -3.95. The number of carbonyl (C=O) groups excluding carboxylic acids is 1. The number of carbonyl (C=O) groups is 1. The van der Waals surface area contributed by atoms with Crippen molar-refractivity contribution in [3.63, 3.8) is 0 Å². The molecule has 3 aromatic carbocycles. The predicted molar refractivity (Wildman–Crippen MR) is 116 cm³/mol. The zero-order valence-electron chi connectivity index (χ0n) is 16.1. The Labute approximate surface area is 180 Å². The van der Waals surface area contributed by atoms with Gasteiger partial charge in [0.05, 0.1) is 12.6 Å². The molecule has 0 saturated carbocycles. The molecule has 0 atom stereocenters. The van der Waals surface area contributed by atoms with Crippen molar-refractivity contribution in [1.29, 1.82) is 0 Å². The molecule has 0 unspecified atom stereocenters. The van der Waals surface area contributed by atoms with Crippen LogP contribution in [0.1, 0.15) is 16.7 Å². The van der Waals surface area contributed by atoms with E-state index in [1.54, 1.807) is 12.1 Å². The average Bonchev–Trinajstić information content (AvgIpc) is 2.71. The number of aryl methyl sites for hydroxylation is 1. The van der Waals surface area contributed by atoms with Gasteiger partial charge in [-0.05, 0) is 66.6 Å². The number of rotatable bonds is 7. The van der Waals surface area contributed by atoms with Crippen molar-refractivity contribution in [2.75, 3.05) is 0 Å². The van der Waals surface area contributed by atoms with Gasteiger partial charge in [-0.15, -0.1) is 0 Å². The van der Waals surface area contributed by atoms with Gasteiger partial charge in [0.25, 0.3) is 0 Å². The molecule has 3 rings (SSSR count). The van der Waals surface area contributed by atoms with Gasteiger partial charge < -0.3 is 4.18 Å². The fraction of sp³-hybridized carbons (Fsp3) is 0.0909. The molecule has 6 nitrogen and oxygen atoms in total. The third-order valence-electron chi connectivity index (χ3n) is 4.08. The predicted octanol–water partition coefficient (Wildman–Crippen LogP) is 4.11. The van der Waals surface area contributed by atoms with Gasteiger partial charge in [-0.3, -0.25) is 4.79 Å². The first kappa shape index (κ1) is 21.5. The molecule has 1 amide bonds. The van der Waals surface area contributed by atoms with Crippen LogP contribution in [0.3, 0.4) is 0 Å². The molecular formula is C22H19ClN2O4S. The third-order valence-corrected chi connectivity index (χ3v) is 5.59. The Bertz CT molecular complexity index is 1140. The fourth-order valence-electron chi connectivity index (χ4n) is 2.50. The SMILES string of the molecule is Cc1ccc(CC(=O)N/N=C/c2ccc(OS(=O)(=O)c3ccc(Cl)cc3)cc2)cc1. The Morgan fingerprint density at radius 3 is 2.27 bits per heavy atom. The highest BCUT2D eigenvalue weighted by atomic mass is 35.5. The number of hydrogen-bond donors (Lipinski definition) is 1. The standard InChI is InChI=1S/C22H19ClN2O4S/c1-16-2-4-17(5-3-16)14-22(26)25-24-15-18-6-10-20(11-7-18)29-30(27,28)21-12-8-19(23)9-13-21/h2-13,15H,14H2,1H3,(H,25,26)/b24-15+. The second-order valence-corrected chi connectivity index (χ2v) is 8.50. The number of hydrazone groups is 1. The Kier molecular flexibility index (Phi) is 6.87. The molecule has 30 heavy (non-hydrogen) atoms. The maximum atomic E-state index is 12.3. The molecule has 0 bridgehead atoms. The molecule has 0 aliphatic heterocycles. The number of benzene rings is 3. The van der Waals surface area contributed by atoms with Gasteiger partial charge in [0.15, 0.2) is 0 Å². The number of nitrogens with one attached hydrogen (secondary N) is 1. The summed E-state index contributed by atoms with van der Waals surface area (Å²) in [6.45, 7) is 1.98. The lowest BCUT2D eigenvalue weighted by Gasteiger charge is -2.07. The van der Waals surface area contributed by atoms with Crippen molar-refractivity contribution < 1.29 is 17.4 Å². The molecule has 0 radical (unpaired) electrons. The van der Waals surface area contributed by atoms with Crippen molar-refractivity contribution in [2.45, 2.75) is 18.2 Å². The monoisotopic (exact) mass is 442 g/mol. The van der Waals surface area contributed by atoms with E-state index >= 15 is 0 Å². The summed E-state index contributed by atoms with van der Waals surface area (Å²) < 4.78 is 29.7. The molecule has 0 aromatic heterocycles. The van der Waals surface area contributed by atoms with Crippen LogP contribution in [0.25, 0.3) is 0 Å². The van der Waals surface area contributed by atoms with E-state index in [4.69, 9.17) is 15.8 Å². The van der Waals surface area contributed by atoms with E-state index in [2.05, 4.69) is 10.5 Å². The van der Waals surface area contributed by atoms with Crippen LogP contribution in [0.15, 0.2) is 82.8 Å². The minimum atomic E-state index is -3.95. The van der Waals surface area contributed by atoms with Crippen molar-refractivity contribution in [1.82, 2.24) is 5.43 Å². The summed E-state index contributed by atoms with van der Waals surface area (Å²) >= 11 is 5.77. The van der Waals surface area contributed by atoms with Crippen LogP contribution in [0.2, 0.25) is 5.02 Å². The fourth-order valence-corrected chi connectivity index (χ4v) is 3.55. The average molecular weight is 443 g/mol. The Morgan fingerprint density at radius 2 is 1.63 bits per heavy atom. The minimum absolute atomic E-state index is 0.00817. The summed E-state index contributed by atoms with van der Waals surface area (Å²) in [5.74, 6) is -0.0744. The van der Waals surface area contributed by atoms with Crippen LogP contribution in [-0.4, -0.2) is 20.5 Å². The normalized spacial score (nSPS) is 11.4. The largest absolute Gasteiger partial charge is 0.379 e. The molecule has 0 heterocycles. The van der Waals surface area contributed by atoms with Gasteiger partial charge >= 0.3 is 10.1 Å². The highest BCUT2D eigenvalue weighted by Gasteiger charge is 2.16. The quantitative estimate of drug-likeness (QED) is 0.339. The topological polar surface area (TPSA) is 84.8 Å². The molecule has 3 aromatic rings. The van der Waals surface area contributed by atoms with Crippen LogP contribution in [-0.2, 0) is 21.3 Å². The highest BCUT2D eigenvalue weighted by molar-refractivity contribution is 7.87. The zero-order chi connectivity index (χ0) is 21.6. The molecule has 0 spiro atoms. The Balaban J connectivity index is 1.55. The lowest BCUT2D eigenvalue weighted by atomic mass is 10.1. The second-order valence-electron chi connectivity index (χ2n) is 6.52. The van der Waals surface area contributed by atoms with E-state index in [-0.39, 0.29) is 23.0 Å². The van der Waals surface area contributed by atoms with Gasteiger partial charge in [0, 0.05) is 5.02 Å². The molecule has 0 aliphatic rings. The van der Waals surface area contributed by atoms with Gasteiger partial charge in [0.1, 0.15) is 10.6 Å². The number of hydrogen-bond acceptors (Lipinski definition) is 5. The maximum Gasteiger partial charge on any atom is 0.339 e. The Hall–Kier alpha value is -3.16. The van der Waals surface area contributed by atoms with Gasteiger partial charge in [0.2, 0.25) is 5.91 Å². The molecule has 0 aliphatic carbocycles.